The molecule has 0 spiro atoms. The van der Waals surface area contributed by atoms with Gasteiger partial charge in [-0.2, -0.15) is 4.73 Å². The van der Waals surface area contributed by atoms with E-state index >= 15 is 0 Å². The van der Waals surface area contributed by atoms with Crippen LogP contribution in [0.1, 0.15) is 5.82 Å². The maximum Gasteiger partial charge on any atom is 0.314 e. The number of methoxy groups -OCH3 is 1. The molecular formula is C28H23Cl4N9O9S. The molecule has 0 saturated carbocycles. The number of hydrogen-bond donors (Lipinski definition) is 5. The highest BCUT2D eigenvalue weighted by Crippen LogP contribution is 2.39. The Hall–Kier alpha value is -4.76. The summed E-state index contributed by atoms with van der Waals surface area (Å²) in [5, 5.41) is 29.2. The van der Waals surface area contributed by atoms with Gasteiger partial charge >= 0.3 is 22.2 Å². The van der Waals surface area contributed by atoms with Crippen LogP contribution < -0.4 is 31.3 Å². The molecule has 4 heterocycles. The average molecular weight is 803 g/mol. The van der Waals surface area contributed by atoms with Gasteiger partial charge in [0.05, 0.1) is 78.5 Å². The second kappa shape index (κ2) is 14.8. The molecule has 0 atom stereocenters. The molecule has 268 valence electrons. The summed E-state index contributed by atoms with van der Waals surface area (Å²) in [7, 11) is -2.34. The predicted octanol–water partition coefficient (Wildman–Crippen LogP) is 1.83. The predicted molar refractivity (Wildman–Crippen MR) is 190 cm³/mol. The van der Waals surface area contributed by atoms with Crippen LogP contribution in [0.3, 0.4) is 0 Å². The number of nitrogens with zero attached hydrogens (tertiary/aromatic N) is 5. The molecule has 0 saturated heterocycles. The molecule has 0 aliphatic heterocycles. The molecule has 0 unspecified atom stereocenters. The van der Waals surface area contributed by atoms with Crippen LogP contribution in [-0.4, -0.2) is 74.7 Å². The number of sulfonamides is 1. The molecule has 18 nitrogen and oxygen atoms in total. The molecule has 0 bridgehead atoms. The minimum absolute atomic E-state index is 0.00197. The topological polar surface area (TPSA) is 256 Å². The van der Waals surface area contributed by atoms with Crippen LogP contribution in [-0.2, 0) is 21.4 Å². The number of benzene rings is 2. The number of halogens is 4. The number of aromatic nitrogens is 8. The number of anilines is 1. The fourth-order valence-corrected chi connectivity index (χ4v) is 6.76. The smallest absolute Gasteiger partial charge is 0.314 e. The van der Waals surface area contributed by atoms with Crippen LogP contribution in [0.25, 0.3) is 39.1 Å². The maximum absolute atomic E-state index is 12.0. The summed E-state index contributed by atoms with van der Waals surface area (Å²) in [6, 6.07) is 5.93. The third-order valence-corrected chi connectivity index (χ3v) is 9.71. The van der Waals surface area contributed by atoms with Crippen LogP contribution in [0.4, 0.5) is 5.69 Å². The van der Waals surface area contributed by atoms with Gasteiger partial charge in [-0.05, 0) is 18.2 Å². The molecule has 23 heteroatoms. The fourth-order valence-electron chi connectivity index (χ4n) is 4.90. The highest BCUT2D eigenvalue weighted by atomic mass is 35.5. The van der Waals surface area contributed by atoms with Crippen molar-refractivity contribution in [2.75, 3.05) is 30.8 Å². The fraction of sp³-hybridized carbons (Fsp3) is 0.179. The summed E-state index contributed by atoms with van der Waals surface area (Å²) in [6.45, 7) is -0.727. The number of ether oxygens (including phenoxy) is 1. The van der Waals surface area contributed by atoms with Crippen LogP contribution in [0, 0.1) is 5.21 Å². The summed E-state index contributed by atoms with van der Waals surface area (Å²) in [4.78, 5) is 56.2. The molecule has 51 heavy (non-hydrogen) atoms. The molecule has 5 N–H and O–H groups in total. The summed E-state index contributed by atoms with van der Waals surface area (Å²) in [6.07, 6.45) is 3.54. The van der Waals surface area contributed by atoms with Crippen molar-refractivity contribution in [2.45, 2.75) is 6.61 Å². The number of hydrogen-bond acceptors (Lipinski definition) is 11. The van der Waals surface area contributed by atoms with E-state index < -0.39 is 38.9 Å². The Kier molecular flexibility index (Phi) is 10.9. The Morgan fingerprint density at radius 2 is 1.49 bits per heavy atom. The Labute approximate surface area is 304 Å². The van der Waals surface area contributed by atoms with Gasteiger partial charge in [0.1, 0.15) is 6.61 Å². The number of rotatable bonds is 8. The summed E-state index contributed by atoms with van der Waals surface area (Å²) in [5.74, 6) is 0.598. The molecular weight excluding hydrogens is 780 g/mol. The third-order valence-electron chi connectivity index (χ3n) is 6.99. The van der Waals surface area contributed by atoms with Gasteiger partial charge in [0.15, 0.2) is 24.0 Å². The molecule has 6 aromatic rings. The van der Waals surface area contributed by atoms with Gasteiger partial charge in [0, 0.05) is 13.2 Å². The molecule has 4 aromatic heterocycles. The molecule has 0 aliphatic rings. The molecule has 0 aliphatic carbocycles. The number of aromatic amines is 4. The van der Waals surface area contributed by atoms with E-state index in [1.54, 1.807) is 12.1 Å². The SMILES string of the molecule is COCc1nnc(-c2ccc[n+]([O-])c2)n1-c1c(Cl)c(Cl)cc2[nH]c(=O)c(=O)[nH]c12.CS(=O)(=O)N(CCO)c1c(Cl)c(Cl)cc2[nH]c(=O)c(=O)[nH]c12. The molecule has 2 aromatic carbocycles. The van der Waals surface area contributed by atoms with E-state index in [9.17, 15) is 32.8 Å². The van der Waals surface area contributed by atoms with E-state index in [0.717, 1.165) is 10.6 Å². The lowest BCUT2D eigenvalue weighted by Crippen LogP contribution is -2.34. The first-order chi connectivity index (χ1) is 24.1. The van der Waals surface area contributed by atoms with Gasteiger partial charge in [-0.25, -0.2) is 8.42 Å². The van der Waals surface area contributed by atoms with Gasteiger partial charge in [0.2, 0.25) is 10.0 Å². The Balaban J connectivity index is 0.000000206. The van der Waals surface area contributed by atoms with Gasteiger partial charge in [-0.15, -0.1) is 10.2 Å². The summed E-state index contributed by atoms with van der Waals surface area (Å²) >= 11 is 24.8. The van der Waals surface area contributed by atoms with Gasteiger partial charge < -0.3 is 35.0 Å². The number of aliphatic hydroxyl groups excluding tert-OH is 1. The van der Waals surface area contributed by atoms with Crippen molar-refractivity contribution in [3.8, 4) is 17.1 Å². The van der Waals surface area contributed by atoms with Gasteiger partial charge in [0.25, 0.3) is 0 Å². The zero-order chi connectivity index (χ0) is 37.4. The van der Waals surface area contributed by atoms with Crippen molar-refractivity contribution in [1.29, 1.82) is 0 Å². The van der Waals surface area contributed by atoms with E-state index in [1.807, 2.05) is 0 Å². The van der Waals surface area contributed by atoms with Crippen LogP contribution >= 0.6 is 46.4 Å². The molecule has 0 radical (unpaired) electrons. The van der Waals surface area contributed by atoms with Crippen molar-refractivity contribution < 1.29 is 23.0 Å². The molecule has 0 amide bonds. The first-order valence-electron chi connectivity index (χ1n) is 14.1. The van der Waals surface area contributed by atoms with Gasteiger partial charge in [-0.3, -0.25) is 28.1 Å². The molecule has 0 fully saturated rings. The van der Waals surface area contributed by atoms with E-state index in [1.165, 1.54) is 36.2 Å². The number of pyridine rings is 1. The Morgan fingerprint density at radius 1 is 0.922 bits per heavy atom. The third kappa shape index (κ3) is 7.49. The maximum atomic E-state index is 12.0. The lowest BCUT2D eigenvalue weighted by atomic mass is 10.2. The van der Waals surface area contributed by atoms with Crippen molar-refractivity contribution in [2.24, 2.45) is 0 Å². The van der Waals surface area contributed by atoms with Crippen molar-refractivity contribution in [3.63, 3.8) is 0 Å². The van der Waals surface area contributed by atoms with Crippen LogP contribution in [0.15, 0.2) is 55.8 Å². The average Bonchev–Trinajstić information content (AvgIpc) is 3.47. The monoisotopic (exact) mass is 801 g/mol. The lowest BCUT2D eigenvalue weighted by molar-refractivity contribution is -0.604. The number of aliphatic hydroxyl groups is 1. The van der Waals surface area contributed by atoms with Gasteiger partial charge in [-0.1, -0.05) is 46.4 Å². The second-order valence-electron chi connectivity index (χ2n) is 10.4. The molecule has 6 rings (SSSR count). The van der Waals surface area contributed by atoms with Crippen molar-refractivity contribution in [3.05, 3.63) is 109 Å². The first-order valence-corrected chi connectivity index (χ1v) is 17.4. The van der Waals surface area contributed by atoms with Crippen LogP contribution in [0.5, 0.6) is 0 Å². The number of fused-ring (bicyclic) bond motifs is 2. The number of H-pyrrole nitrogens is 4. The highest BCUT2D eigenvalue weighted by molar-refractivity contribution is 7.92. The normalized spacial score (nSPS) is 11.5. The van der Waals surface area contributed by atoms with Crippen molar-refractivity contribution in [1.82, 2.24) is 34.7 Å². The van der Waals surface area contributed by atoms with E-state index in [-0.39, 0.29) is 72.5 Å². The van der Waals surface area contributed by atoms with E-state index in [0.29, 0.717) is 16.1 Å². The zero-order valence-electron chi connectivity index (χ0n) is 26.0. The summed E-state index contributed by atoms with van der Waals surface area (Å²) in [5.41, 5.74) is -2.44. The minimum atomic E-state index is -3.82. The quantitative estimate of drug-likeness (QED) is 0.0843. The van der Waals surface area contributed by atoms with Crippen molar-refractivity contribution >= 4 is 84.2 Å². The lowest BCUT2D eigenvalue weighted by Gasteiger charge is -2.24. The Bertz CT molecular complexity index is 2670. The first kappa shape index (κ1) is 37.5. The van der Waals surface area contributed by atoms with E-state index in [4.69, 9.17) is 56.2 Å². The number of nitrogens with one attached hydrogen (secondary N) is 4. The Morgan fingerprint density at radius 3 is 2.06 bits per heavy atom. The minimum Gasteiger partial charge on any atom is -0.619 e. The summed E-state index contributed by atoms with van der Waals surface area (Å²) < 4.78 is 32.0. The van der Waals surface area contributed by atoms with E-state index in [2.05, 4.69) is 30.1 Å². The standard InChI is InChI=1S/C17H12Cl2N6O4.C11H11Cl2N3O5S/c1-29-7-11-22-23-15(8-3-2-4-24(28)6-8)25(11)14-12(19)9(18)5-10-13(14)21-17(27)16(26)20-10;1-22(20,21)16(2-3-17)9-7(13)5(12)4-6-8(9)15-11(19)10(18)14-6/h2-6H,7H2,1H3,(H,20,26)(H,21,27);4,17H,2-3H2,1H3,(H,14,18)(H,15,19). The second-order valence-corrected chi connectivity index (χ2v) is 13.9. The zero-order valence-corrected chi connectivity index (χ0v) is 29.8. The van der Waals surface area contributed by atoms with Crippen LogP contribution in [0.2, 0.25) is 20.1 Å². The highest BCUT2D eigenvalue weighted by Gasteiger charge is 2.26. The largest absolute Gasteiger partial charge is 0.619 e.